The van der Waals surface area contributed by atoms with E-state index in [2.05, 4.69) is 4.90 Å². The molecule has 0 N–H and O–H groups in total. The van der Waals surface area contributed by atoms with Crippen molar-refractivity contribution in [3.63, 3.8) is 0 Å². The minimum atomic E-state index is -0.191. The topological polar surface area (TPSA) is 62.3 Å². The number of rotatable bonds is 5. The highest BCUT2D eigenvalue weighted by Crippen LogP contribution is 2.32. The Morgan fingerprint density at radius 1 is 0.821 bits per heavy atom. The van der Waals surface area contributed by atoms with Gasteiger partial charge in [0, 0.05) is 39.3 Å². The number of amides is 2. The van der Waals surface area contributed by atoms with Gasteiger partial charge in [-0.3, -0.25) is 19.4 Å². The molecule has 0 radical (unpaired) electrons. The predicted octanol–water partition coefficient (Wildman–Crippen LogP) is 0.739. The van der Waals surface area contributed by atoms with Crippen LogP contribution in [0.4, 0.5) is 0 Å². The smallest absolute Gasteiger partial charge is 0.277 e. The highest BCUT2D eigenvalue weighted by atomic mass is 16.5. The minimum absolute atomic E-state index is 0.185. The zero-order valence-corrected chi connectivity index (χ0v) is 16.4. The van der Waals surface area contributed by atoms with Crippen molar-refractivity contribution in [3.8, 4) is 0 Å². The van der Waals surface area contributed by atoms with Gasteiger partial charge in [0.05, 0.1) is 32.0 Å². The highest BCUT2D eigenvalue weighted by molar-refractivity contribution is 6.35. The first-order chi connectivity index (χ1) is 13.6. The number of hydrogen-bond acceptors (Lipinski definition) is 6. The molecular formula is C21H27N3O4. The second-order valence-corrected chi connectivity index (χ2v) is 7.41. The average molecular weight is 385 g/mol. The molecular weight excluding hydrogens is 358 g/mol. The lowest BCUT2D eigenvalue weighted by molar-refractivity contribution is -0.138. The predicted molar refractivity (Wildman–Crippen MR) is 104 cm³/mol. The molecule has 3 aliphatic heterocycles. The molecule has 0 atom stereocenters. The maximum absolute atomic E-state index is 13.3. The van der Waals surface area contributed by atoms with Crippen molar-refractivity contribution in [2.75, 3.05) is 65.7 Å². The minimum Gasteiger partial charge on any atom is -0.379 e. The van der Waals surface area contributed by atoms with Crippen molar-refractivity contribution in [3.05, 3.63) is 41.1 Å². The van der Waals surface area contributed by atoms with Crippen molar-refractivity contribution in [2.45, 2.75) is 6.92 Å². The molecule has 3 heterocycles. The maximum atomic E-state index is 13.3. The van der Waals surface area contributed by atoms with Crippen LogP contribution in [-0.2, 0) is 19.1 Å². The number of carbonyl (C=O) groups is 2. The van der Waals surface area contributed by atoms with E-state index >= 15 is 0 Å². The molecule has 1 aromatic carbocycles. The Balaban J connectivity index is 1.59. The fourth-order valence-corrected chi connectivity index (χ4v) is 3.89. The van der Waals surface area contributed by atoms with Crippen LogP contribution < -0.4 is 0 Å². The summed E-state index contributed by atoms with van der Waals surface area (Å²) in [6.07, 6.45) is 0. The third-order valence-electron chi connectivity index (χ3n) is 5.55. The zero-order chi connectivity index (χ0) is 19.5. The van der Waals surface area contributed by atoms with Crippen molar-refractivity contribution in [1.29, 1.82) is 0 Å². The van der Waals surface area contributed by atoms with Crippen LogP contribution in [0.2, 0.25) is 0 Å². The van der Waals surface area contributed by atoms with Crippen LogP contribution in [0.3, 0.4) is 0 Å². The highest BCUT2D eigenvalue weighted by Gasteiger charge is 2.41. The number of morpholine rings is 2. The van der Waals surface area contributed by atoms with Crippen molar-refractivity contribution >= 4 is 17.4 Å². The third-order valence-corrected chi connectivity index (χ3v) is 5.55. The molecule has 0 saturated carbocycles. The number of ether oxygens (including phenoxy) is 2. The Labute approximate surface area is 165 Å². The Hall–Kier alpha value is -2.22. The van der Waals surface area contributed by atoms with Crippen LogP contribution in [-0.4, -0.2) is 92.2 Å². The lowest BCUT2D eigenvalue weighted by Gasteiger charge is -2.30. The summed E-state index contributed by atoms with van der Waals surface area (Å²) < 4.78 is 10.8. The summed E-state index contributed by atoms with van der Waals surface area (Å²) in [5.74, 6) is -0.376. The van der Waals surface area contributed by atoms with E-state index in [1.54, 1.807) is 0 Å². The molecule has 3 aliphatic rings. The molecule has 150 valence electrons. The molecule has 7 heteroatoms. The normalized spacial score (nSPS) is 21.8. The van der Waals surface area contributed by atoms with E-state index in [1.807, 2.05) is 36.1 Å². The second kappa shape index (κ2) is 8.43. The van der Waals surface area contributed by atoms with E-state index in [4.69, 9.17) is 9.47 Å². The van der Waals surface area contributed by atoms with E-state index < -0.39 is 0 Å². The Morgan fingerprint density at radius 2 is 1.43 bits per heavy atom. The lowest BCUT2D eigenvalue weighted by atomic mass is 10.0. The first kappa shape index (κ1) is 19.1. The van der Waals surface area contributed by atoms with Crippen LogP contribution in [0.1, 0.15) is 11.1 Å². The van der Waals surface area contributed by atoms with Gasteiger partial charge < -0.3 is 14.4 Å². The summed E-state index contributed by atoms with van der Waals surface area (Å²) in [6, 6.07) is 7.82. The fraction of sp³-hybridized carbons (Fsp3) is 0.524. The van der Waals surface area contributed by atoms with Gasteiger partial charge in [-0.25, -0.2) is 0 Å². The molecule has 2 fully saturated rings. The van der Waals surface area contributed by atoms with Gasteiger partial charge in [0.2, 0.25) is 0 Å². The van der Waals surface area contributed by atoms with Gasteiger partial charge in [-0.15, -0.1) is 0 Å². The molecule has 28 heavy (non-hydrogen) atoms. The zero-order valence-electron chi connectivity index (χ0n) is 16.4. The number of hydrogen-bond donors (Lipinski definition) is 0. The van der Waals surface area contributed by atoms with E-state index in [0.29, 0.717) is 63.9 Å². The molecule has 0 aliphatic carbocycles. The SMILES string of the molecule is Cc1ccc(C2=C(N3CCOCC3)C(=O)N(CCN3CCOCC3)C2=O)cc1. The van der Waals surface area contributed by atoms with Crippen molar-refractivity contribution in [1.82, 2.24) is 14.7 Å². The molecule has 2 amide bonds. The number of imide groups is 1. The van der Waals surface area contributed by atoms with Gasteiger partial charge in [-0.2, -0.15) is 0 Å². The van der Waals surface area contributed by atoms with Crippen LogP contribution in [0.5, 0.6) is 0 Å². The molecule has 1 aromatic rings. The summed E-state index contributed by atoms with van der Waals surface area (Å²) in [7, 11) is 0. The fourth-order valence-electron chi connectivity index (χ4n) is 3.89. The summed E-state index contributed by atoms with van der Waals surface area (Å²) in [5.41, 5.74) is 2.98. The summed E-state index contributed by atoms with van der Waals surface area (Å²) >= 11 is 0. The summed E-state index contributed by atoms with van der Waals surface area (Å²) in [5, 5.41) is 0. The van der Waals surface area contributed by atoms with E-state index in [0.717, 1.165) is 24.2 Å². The maximum Gasteiger partial charge on any atom is 0.277 e. The molecule has 0 bridgehead atoms. The van der Waals surface area contributed by atoms with Crippen LogP contribution in [0.25, 0.3) is 5.57 Å². The van der Waals surface area contributed by atoms with Gasteiger partial charge in [0.15, 0.2) is 0 Å². The number of nitrogens with zero attached hydrogens (tertiary/aromatic N) is 3. The Morgan fingerprint density at radius 3 is 2.07 bits per heavy atom. The molecule has 4 rings (SSSR count). The monoisotopic (exact) mass is 385 g/mol. The molecule has 7 nitrogen and oxygen atoms in total. The van der Waals surface area contributed by atoms with E-state index in [1.165, 1.54) is 4.90 Å². The number of aryl methyl sites for hydroxylation is 1. The van der Waals surface area contributed by atoms with E-state index in [9.17, 15) is 9.59 Å². The van der Waals surface area contributed by atoms with Gasteiger partial charge in [0.25, 0.3) is 11.8 Å². The Bertz CT molecular complexity index is 762. The van der Waals surface area contributed by atoms with Crippen LogP contribution in [0, 0.1) is 6.92 Å². The van der Waals surface area contributed by atoms with E-state index in [-0.39, 0.29) is 11.8 Å². The van der Waals surface area contributed by atoms with Gasteiger partial charge >= 0.3 is 0 Å². The third kappa shape index (κ3) is 3.83. The average Bonchev–Trinajstić information content (AvgIpc) is 2.98. The molecule has 2 saturated heterocycles. The van der Waals surface area contributed by atoms with Gasteiger partial charge in [-0.05, 0) is 12.5 Å². The molecule has 0 unspecified atom stereocenters. The largest absolute Gasteiger partial charge is 0.379 e. The quantitative estimate of drug-likeness (QED) is 0.697. The first-order valence-corrected chi connectivity index (χ1v) is 9.95. The van der Waals surface area contributed by atoms with Crippen LogP contribution in [0.15, 0.2) is 30.0 Å². The summed E-state index contributed by atoms with van der Waals surface area (Å²) in [4.78, 5) is 32.2. The molecule has 0 aromatic heterocycles. The first-order valence-electron chi connectivity index (χ1n) is 9.95. The van der Waals surface area contributed by atoms with Gasteiger partial charge in [0.1, 0.15) is 5.70 Å². The standard InChI is InChI=1S/C21H27N3O4/c1-16-2-4-17(5-3-16)18-19(23-10-14-28-15-11-23)21(26)24(20(18)25)7-6-22-8-12-27-13-9-22/h2-5H,6-15H2,1H3. The second-order valence-electron chi connectivity index (χ2n) is 7.41. The van der Waals surface area contributed by atoms with Crippen molar-refractivity contribution < 1.29 is 19.1 Å². The lowest BCUT2D eigenvalue weighted by Crippen LogP contribution is -2.44. The number of carbonyl (C=O) groups excluding carboxylic acids is 2. The molecule has 0 spiro atoms. The summed E-state index contributed by atoms with van der Waals surface area (Å²) in [6.45, 7) is 8.57. The number of benzene rings is 1. The Kier molecular flexibility index (Phi) is 5.75. The van der Waals surface area contributed by atoms with Crippen LogP contribution >= 0.6 is 0 Å². The van der Waals surface area contributed by atoms with Crippen molar-refractivity contribution in [2.24, 2.45) is 0 Å². The van der Waals surface area contributed by atoms with Gasteiger partial charge in [-0.1, -0.05) is 29.8 Å².